The Labute approximate surface area is 798 Å². The normalized spacial score (nSPS) is 25.1. The second kappa shape index (κ2) is 50.7. The van der Waals surface area contributed by atoms with Crippen molar-refractivity contribution in [1.82, 2.24) is 97.9 Å². The number of hydrogen-bond donors (Lipinski definition) is 20. The lowest BCUT2D eigenvalue weighted by Crippen LogP contribution is -2.67. The van der Waals surface area contributed by atoms with E-state index in [1.807, 2.05) is 25.1 Å². The molecule has 23 N–H and O–H groups in total. The number of nitrogens with zero attached hydrogens (tertiary/aromatic N) is 6. The summed E-state index contributed by atoms with van der Waals surface area (Å²) in [6, 6.07) is -0.793. The summed E-state index contributed by atoms with van der Waals surface area (Å²) in [7, 11) is 3.89. The number of phenols is 1. The van der Waals surface area contributed by atoms with E-state index in [-0.39, 0.29) is 95.2 Å². The molecule has 3 aliphatic rings. The molecule has 6 aromatic rings. The number of nitrogens with one attached hydrogen (secondary N) is 14. The Kier molecular flexibility index (Phi) is 39.8. The minimum absolute atomic E-state index is 0.0164. The Hall–Kier alpha value is -12.8. The topological polar surface area (TPSA) is 646 Å². The van der Waals surface area contributed by atoms with Crippen LogP contribution in [0.15, 0.2) is 96.9 Å². The third-order valence-corrected chi connectivity index (χ3v) is 26.8. The number of para-hydroxylation sites is 1. The summed E-state index contributed by atoms with van der Waals surface area (Å²) >= 11 is 3.43. The first kappa shape index (κ1) is 107. The summed E-state index contributed by atoms with van der Waals surface area (Å²) in [6.07, 6.45) is 2.83. The molecule has 2 unspecified atom stereocenters. The number of carbonyl (C=O) groups is 17. The molecule has 46 heteroatoms. The number of phenolic OH excluding ortho intramolecular Hbond substituents is 1. The zero-order valence-corrected chi connectivity index (χ0v) is 79.6. The highest BCUT2D eigenvalue weighted by molar-refractivity contribution is 8.00. The van der Waals surface area contributed by atoms with Gasteiger partial charge in [-0.2, -0.15) is 11.8 Å². The lowest BCUT2D eigenvalue weighted by molar-refractivity contribution is -0.149. The molecular formula is C90H125N23O20S3. The molecule has 0 radical (unpaired) electrons. The van der Waals surface area contributed by atoms with Crippen molar-refractivity contribution in [3.05, 3.63) is 119 Å². The first-order valence-electron chi connectivity index (χ1n) is 44.9. The number of thioether (sulfide) groups is 2. The van der Waals surface area contributed by atoms with Crippen LogP contribution in [0.3, 0.4) is 0 Å². The van der Waals surface area contributed by atoms with Crippen LogP contribution >= 0.6 is 34.9 Å². The number of aldehydes is 1. The van der Waals surface area contributed by atoms with Crippen molar-refractivity contribution < 1.29 is 96.8 Å². The molecule has 9 rings (SSSR count). The average Bonchev–Trinajstić information content (AvgIpc) is 1.61. The third-order valence-electron chi connectivity index (χ3n) is 24.1. The molecule has 3 fully saturated rings. The number of amides is 16. The van der Waals surface area contributed by atoms with E-state index >= 15 is 33.6 Å². The molecule has 16 amide bonds. The number of H-pyrrole nitrogens is 2. The highest BCUT2D eigenvalue weighted by atomic mass is 32.2. The molecule has 3 aromatic heterocycles. The van der Waals surface area contributed by atoms with Crippen LogP contribution in [0.4, 0.5) is 0 Å². The molecule has 0 aliphatic carbocycles. The molecular weight excluding hydrogens is 1820 g/mol. The monoisotopic (exact) mass is 1940 g/mol. The third kappa shape index (κ3) is 29.1. The number of guanidine groups is 1. The van der Waals surface area contributed by atoms with Gasteiger partial charge in [0.05, 0.1) is 43.8 Å². The number of aromatic hydroxyl groups is 1. The van der Waals surface area contributed by atoms with E-state index in [2.05, 4.69) is 73.4 Å². The van der Waals surface area contributed by atoms with Crippen molar-refractivity contribution in [2.24, 2.45) is 23.1 Å². The maximum absolute atomic E-state index is 15.8. The number of thiophene rings is 1. The zero-order valence-electron chi connectivity index (χ0n) is 77.2. The summed E-state index contributed by atoms with van der Waals surface area (Å²) < 4.78 is 0.802. The second-order valence-electron chi connectivity index (χ2n) is 34.6. The van der Waals surface area contributed by atoms with E-state index in [4.69, 9.17) is 22.6 Å². The highest BCUT2D eigenvalue weighted by Crippen LogP contribution is 2.32. The Morgan fingerprint density at radius 2 is 1.29 bits per heavy atom. The molecule has 0 saturated carbocycles. The SMILES string of the molecule is CCCC[C@H]1C(=O)N[C@@H](CCCNC(=N)N)C(=O)NC(C(=O)NCC(N)=O)CSCC(=O)N[C@@H](Cc2ccc(O)cc2)C(=O)N(C)[C@@H](C)C(=O)N[C@@H](CC(N)=O)C(=O)N2CCC[C@H]2C(=O)N[C@@H](Cc2cnc[nH]2)C(=O)N[C@@H](CC(C)C)C(=O)N2C[C@H](O)CC2(C=O)N[C@@H](Cc2c[nH]c3ccccc23)C(=O)N[C@@H](CO)C(=O)N[C@@H](Cc2csc3ccccc23)C(=O)N(C)[C@@H](CCSC)C(=O)N1C. The molecule has 0 bridgehead atoms. The number of carbonyl (C=O) groups excluding carboxylic acids is 17. The Balaban J connectivity index is 1.12. The molecule has 3 aliphatic heterocycles. The fraction of sp³-hybridized carbons (Fsp3) is 0.522. The van der Waals surface area contributed by atoms with Crippen LogP contribution in [0, 0.1) is 11.3 Å². The maximum Gasteiger partial charge on any atom is 0.247 e. The van der Waals surface area contributed by atoms with Crippen LogP contribution in [0.1, 0.15) is 121 Å². The van der Waals surface area contributed by atoms with Gasteiger partial charge in [0, 0.05) is 106 Å². The smallest absolute Gasteiger partial charge is 0.247 e. The fourth-order valence-electron chi connectivity index (χ4n) is 16.7. The van der Waals surface area contributed by atoms with Crippen LogP contribution in [0.25, 0.3) is 21.0 Å². The van der Waals surface area contributed by atoms with Gasteiger partial charge in [-0.1, -0.05) is 82.1 Å². The number of likely N-dealkylation sites (N-methyl/N-ethyl adjacent to an activating group) is 3. The van der Waals surface area contributed by atoms with Crippen LogP contribution < -0.4 is 75.7 Å². The molecule has 6 heterocycles. The van der Waals surface area contributed by atoms with Crippen molar-refractivity contribution in [2.75, 3.05) is 77.4 Å². The molecule has 3 saturated heterocycles. The molecule has 3 aromatic carbocycles. The lowest BCUT2D eigenvalue weighted by Gasteiger charge is -2.39. The van der Waals surface area contributed by atoms with E-state index in [1.165, 1.54) is 88.0 Å². The lowest BCUT2D eigenvalue weighted by atomic mass is 9.98. The van der Waals surface area contributed by atoms with Crippen molar-refractivity contribution in [2.45, 2.75) is 214 Å². The number of unbranched alkanes of at least 4 members (excludes halogenated alkanes) is 1. The number of imidazole rings is 1. The fourth-order valence-corrected chi connectivity index (χ4v) is 19.0. The largest absolute Gasteiger partial charge is 0.508 e. The van der Waals surface area contributed by atoms with E-state index < -0.39 is 241 Å². The molecule has 15 atom stereocenters. The quantitative estimate of drug-likeness (QED) is 0.0109. The first-order chi connectivity index (χ1) is 64.8. The van der Waals surface area contributed by atoms with E-state index in [0.29, 0.717) is 57.8 Å². The van der Waals surface area contributed by atoms with Gasteiger partial charge >= 0.3 is 0 Å². The van der Waals surface area contributed by atoms with Crippen LogP contribution in [-0.2, 0) is 107 Å². The van der Waals surface area contributed by atoms with Crippen molar-refractivity contribution in [3.8, 4) is 5.75 Å². The summed E-state index contributed by atoms with van der Waals surface area (Å²) in [6.45, 7) is 4.00. The Morgan fingerprint density at radius 1 is 0.654 bits per heavy atom. The minimum Gasteiger partial charge on any atom is -0.508 e. The number of nitrogens with two attached hydrogens (primary N) is 3. The van der Waals surface area contributed by atoms with E-state index in [1.54, 1.807) is 62.0 Å². The summed E-state index contributed by atoms with van der Waals surface area (Å²) in [4.78, 5) is 266. The summed E-state index contributed by atoms with van der Waals surface area (Å²) in [5, 5.41) is 73.7. The Bertz CT molecular complexity index is 5260. The average molecular weight is 1950 g/mol. The van der Waals surface area contributed by atoms with Crippen molar-refractivity contribution in [3.63, 3.8) is 0 Å². The van der Waals surface area contributed by atoms with Crippen LogP contribution in [-0.4, -0.2) is 329 Å². The highest BCUT2D eigenvalue weighted by Gasteiger charge is 2.53. The number of aliphatic hydroxyl groups excluding tert-OH is 2. The number of aliphatic hydroxyl groups is 2. The van der Waals surface area contributed by atoms with Crippen LogP contribution in [0.2, 0.25) is 0 Å². The maximum atomic E-state index is 15.8. The summed E-state index contributed by atoms with van der Waals surface area (Å²) in [5.74, 6) is -17.1. The van der Waals surface area contributed by atoms with Crippen molar-refractivity contribution in [1.29, 1.82) is 5.41 Å². The van der Waals surface area contributed by atoms with Gasteiger partial charge in [0.1, 0.15) is 78.3 Å². The minimum atomic E-state index is -2.32. The Morgan fingerprint density at radius 3 is 1.96 bits per heavy atom. The standard InChI is InChI=1S/C90H125N23O20S3/c1-9-10-21-69-82(127)101-60(20-15-29-96-89(93)94)78(123)107-68(77(122)98-41-74(92)119)45-135-46-75(120)100-64(33-51-24-26-55(116)27-25-51)84(129)109(5)50(4)76(121)103-66(37-73(91)118)86(131)112-30-16-22-70(112)83(128)102-61(36-54-40-95-48-99-54)79(124)104-63(32-49(2)3)87(132)113-42-56(117)38-90(113,47-115)108-62(34-52-39-97-59-19-13-11-17-57(52)59)80(125)106-67(43-114)81(126)105-65(35-53-44-136-72-23-14-12-18-58(53)72)85(130)111(7)71(28-31-134-8)88(133)110(69)6/h11-14,17-19,23-27,39-40,44,47-50,56,60-71,97,108,114,116-117H,9-10,15-16,20-22,28-38,41-43,45-46H2,1-8H3,(H2,91,118)(H2,92,119)(H,95,99)(H,98,122)(H,100,120)(H,101,127)(H,102,128)(H,103,121)(H,104,124)(H,105,126)(H,106,125)(H,107,123)(H4,93,94,96)/t50-,56+,60-,61-,62-,63-,64-,65-,66-,67-,68?,69-,70-,71-,90?/m0/s1. The van der Waals surface area contributed by atoms with E-state index in [9.17, 15) is 63.3 Å². The van der Waals surface area contributed by atoms with Gasteiger partial charge in [-0.05, 0) is 128 Å². The number of aromatic amines is 2. The first-order valence-corrected chi connectivity index (χ1v) is 48.3. The number of primary amides is 2. The number of benzene rings is 3. The van der Waals surface area contributed by atoms with Gasteiger partial charge in [-0.15, -0.1) is 23.1 Å². The van der Waals surface area contributed by atoms with Crippen LogP contribution in [0.5, 0.6) is 5.75 Å². The van der Waals surface area contributed by atoms with Gasteiger partial charge in [-0.25, -0.2) is 4.98 Å². The second-order valence-corrected chi connectivity index (χ2v) is 37.5. The number of hydrogen-bond acceptors (Lipinski definition) is 26. The molecule has 43 nitrogen and oxygen atoms in total. The molecule has 136 heavy (non-hydrogen) atoms. The van der Waals surface area contributed by atoms with E-state index in [0.717, 1.165) is 41.0 Å². The van der Waals surface area contributed by atoms with Gasteiger partial charge in [0.2, 0.25) is 94.5 Å². The molecule has 0 spiro atoms. The number of aromatic nitrogens is 3. The van der Waals surface area contributed by atoms with Gasteiger partial charge in [0.25, 0.3) is 0 Å². The number of fused-ring (bicyclic) bond motifs is 4. The number of rotatable bonds is 27. The summed E-state index contributed by atoms with van der Waals surface area (Å²) in [5.41, 5.74) is 16.8. The molecule has 738 valence electrons. The van der Waals surface area contributed by atoms with Gasteiger partial charge in [0.15, 0.2) is 17.9 Å². The van der Waals surface area contributed by atoms with Crippen molar-refractivity contribution >= 4 is 163 Å². The van der Waals surface area contributed by atoms with Gasteiger partial charge < -0.3 is 120 Å². The predicted octanol–water partition coefficient (Wildman–Crippen LogP) is -2.63. The van der Waals surface area contributed by atoms with Gasteiger partial charge in [-0.3, -0.25) is 92.2 Å². The predicted molar refractivity (Wildman–Crippen MR) is 507 cm³/mol. The zero-order chi connectivity index (χ0) is 99.4.